The fourth-order valence-electron chi connectivity index (χ4n) is 2.98. The van der Waals surface area contributed by atoms with Crippen LogP contribution in [0.1, 0.15) is 35.3 Å². The summed E-state index contributed by atoms with van der Waals surface area (Å²) < 4.78 is 0. The first-order chi connectivity index (χ1) is 13.8. The van der Waals surface area contributed by atoms with Gasteiger partial charge in [0.25, 0.3) is 5.91 Å². The van der Waals surface area contributed by atoms with E-state index in [2.05, 4.69) is 15.6 Å². The SMILES string of the molecule is CC[C@@H](Nc1c([N-]c2c[nH]cc(C(=O)N(C)C)c2=O)c(=O)c1=O)c1ccccc1.[Li+]. The number of hydrogen-bond acceptors (Lipinski definition) is 5. The topological polar surface area (TPSA) is 113 Å². The van der Waals surface area contributed by atoms with Gasteiger partial charge in [-0.3, -0.25) is 19.2 Å². The van der Waals surface area contributed by atoms with Crippen molar-refractivity contribution >= 4 is 23.0 Å². The van der Waals surface area contributed by atoms with Gasteiger partial charge in [0.2, 0.25) is 10.9 Å². The summed E-state index contributed by atoms with van der Waals surface area (Å²) >= 11 is 0. The van der Waals surface area contributed by atoms with E-state index in [1.807, 2.05) is 37.3 Å². The molecular formula is C21H21LiN4O4. The maximum atomic E-state index is 12.6. The van der Waals surface area contributed by atoms with Crippen molar-refractivity contribution in [3.63, 3.8) is 0 Å². The number of amides is 1. The number of nitrogens with one attached hydrogen (secondary N) is 2. The molecule has 1 atom stereocenters. The molecule has 0 aliphatic rings. The summed E-state index contributed by atoms with van der Waals surface area (Å²) in [6.45, 7) is 1.95. The molecule has 0 saturated carbocycles. The molecule has 2 N–H and O–H groups in total. The van der Waals surface area contributed by atoms with Crippen molar-refractivity contribution in [2.45, 2.75) is 19.4 Å². The third-order valence-corrected chi connectivity index (χ3v) is 4.61. The summed E-state index contributed by atoms with van der Waals surface area (Å²) in [4.78, 5) is 52.9. The van der Waals surface area contributed by atoms with Gasteiger partial charge in [0.1, 0.15) is 5.56 Å². The van der Waals surface area contributed by atoms with Crippen LogP contribution in [0, 0.1) is 0 Å². The van der Waals surface area contributed by atoms with Crippen molar-refractivity contribution in [3.8, 4) is 0 Å². The van der Waals surface area contributed by atoms with Crippen LogP contribution in [0.3, 0.4) is 0 Å². The molecule has 0 saturated heterocycles. The minimum absolute atomic E-state index is 0. The molecule has 0 spiro atoms. The van der Waals surface area contributed by atoms with Crippen LogP contribution in [-0.2, 0) is 0 Å². The largest absolute Gasteiger partial charge is 1.00 e. The number of nitrogens with zero attached hydrogens (tertiary/aromatic N) is 2. The van der Waals surface area contributed by atoms with Crippen molar-refractivity contribution in [1.82, 2.24) is 9.88 Å². The van der Waals surface area contributed by atoms with Crippen LogP contribution in [0.5, 0.6) is 0 Å². The van der Waals surface area contributed by atoms with E-state index < -0.39 is 22.2 Å². The molecule has 8 nitrogen and oxygen atoms in total. The second-order valence-electron chi connectivity index (χ2n) is 6.79. The number of H-pyrrole nitrogens is 1. The first kappa shape index (κ1) is 23.2. The third kappa shape index (κ3) is 4.40. The first-order valence-electron chi connectivity index (χ1n) is 9.14. The van der Waals surface area contributed by atoms with Crippen LogP contribution in [0.25, 0.3) is 5.32 Å². The maximum absolute atomic E-state index is 12.6. The average molecular weight is 400 g/mol. The third-order valence-electron chi connectivity index (χ3n) is 4.61. The Hall–Kier alpha value is -3.08. The second-order valence-corrected chi connectivity index (χ2v) is 6.79. The fourth-order valence-corrected chi connectivity index (χ4v) is 2.98. The van der Waals surface area contributed by atoms with Gasteiger partial charge in [-0.15, -0.1) is 0 Å². The summed E-state index contributed by atoms with van der Waals surface area (Å²) in [6, 6.07) is 9.32. The molecule has 0 aliphatic heterocycles. The zero-order chi connectivity index (χ0) is 21.1. The van der Waals surface area contributed by atoms with Gasteiger partial charge in [-0.2, -0.15) is 0 Å². The average Bonchev–Trinajstić information content (AvgIpc) is 2.74. The molecule has 9 heteroatoms. The number of carbonyl (C=O) groups is 1. The Morgan fingerprint density at radius 1 is 1.07 bits per heavy atom. The smallest absolute Gasteiger partial charge is 0.648 e. The number of benzene rings is 1. The molecule has 150 valence electrons. The van der Waals surface area contributed by atoms with Crippen molar-refractivity contribution < 1.29 is 23.7 Å². The van der Waals surface area contributed by atoms with Gasteiger partial charge in [-0.05, 0) is 18.2 Å². The normalized spacial score (nSPS) is 11.4. The van der Waals surface area contributed by atoms with Crippen LogP contribution >= 0.6 is 0 Å². The van der Waals surface area contributed by atoms with E-state index in [1.165, 1.54) is 31.4 Å². The molecular weight excluding hydrogens is 379 g/mol. The molecule has 0 aliphatic carbocycles. The predicted octanol–water partition coefficient (Wildman–Crippen LogP) is -0.423. The molecule has 3 aromatic rings. The Kier molecular flexibility index (Phi) is 7.43. The van der Waals surface area contributed by atoms with Crippen LogP contribution in [0.15, 0.2) is 57.1 Å². The van der Waals surface area contributed by atoms with Gasteiger partial charge < -0.3 is 20.5 Å². The van der Waals surface area contributed by atoms with Crippen LogP contribution < -0.4 is 40.5 Å². The quantitative estimate of drug-likeness (QED) is 0.413. The minimum Gasteiger partial charge on any atom is -0.648 e. The van der Waals surface area contributed by atoms with Gasteiger partial charge in [0.15, 0.2) is 5.43 Å². The van der Waals surface area contributed by atoms with Crippen molar-refractivity contribution in [2.24, 2.45) is 0 Å². The Bertz CT molecular complexity index is 1160. The maximum Gasteiger partial charge on any atom is 1.00 e. The van der Waals surface area contributed by atoms with E-state index in [4.69, 9.17) is 0 Å². The van der Waals surface area contributed by atoms with Crippen LogP contribution in [0.2, 0.25) is 0 Å². The van der Waals surface area contributed by atoms with E-state index in [-0.39, 0.29) is 47.5 Å². The molecule has 0 bridgehead atoms. The molecule has 0 unspecified atom stereocenters. The second kappa shape index (κ2) is 9.61. The molecule has 1 aromatic heterocycles. The number of aromatic nitrogens is 1. The minimum atomic E-state index is -0.765. The Balaban J connectivity index is 0.00000320. The van der Waals surface area contributed by atoms with Gasteiger partial charge >= 0.3 is 18.9 Å². The molecule has 30 heavy (non-hydrogen) atoms. The van der Waals surface area contributed by atoms with Crippen LogP contribution in [0.4, 0.5) is 17.1 Å². The van der Waals surface area contributed by atoms with Gasteiger partial charge in [0.05, 0.1) is 11.7 Å². The number of carbonyl (C=O) groups excluding carboxylic acids is 1. The fraction of sp³-hybridized carbons (Fsp3) is 0.238. The monoisotopic (exact) mass is 400 g/mol. The zero-order valence-electron chi connectivity index (χ0n) is 17.4. The van der Waals surface area contributed by atoms with Crippen molar-refractivity contribution in [1.29, 1.82) is 0 Å². The van der Waals surface area contributed by atoms with E-state index in [0.717, 1.165) is 5.56 Å². The Morgan fingerprint density at radius 3 is 2.33 bits per heavy atom. The van der Waals surface area contributed by atoms with Crippen LogP contribution in [-0.4, -0.2) is 29.9 Å². The molecule has 0 radical (unpaired) electrons. The Morgan fingerprint density at radius 2 is 1.73 bits per heavy atom. The first-order valence-corrected chi connectivity index (χ1v) is 9.14. The van der Waals surface area contributed by atoms with Gasteiger partial charge in [0, 0.05) is 20.3 Å². The summed E-state index contributed by atoms with van der Waals surface area (Å²) in [5.41, 5.74) is -1.32. The van der Waals surface area contributed by atoms with E-state index in [9.17, 15) is 19.2 Å². The standard InChI is InChI=1S/C21H22N4O4.Li/c1-4-14(12-8-6-5-7-9-12)23-16-17(20(28)19(16)27)24-15-11-22-10-13(18(15)26)21(29)25(2)3;/h5-11,14H,4H2,1-3H3,(H3,22,23,24,26,27,28,29);/q;+1/p-1/t14-;/m1./s1. The van der Waals surface area contributed by atoms with Gasteiger partial charge in [-0.25, -0.2) is 0 Å². The summed E-state index contributed by atoms with van der Waals surface area (Å²) in [6.07, 6.45) is 3.26. The molecule has 3 rings (SSSR count). The Labute approximate surface area is 185 Å². The summed E-state index contributed by atoms with van der Waals surface area (Å²) in [7, 11) is 3.05. The van der Waals surface area contributed by atoms with Crippen molar-refractivity contribution in [3.05, 3.63) is 89.8 Å². The van der Waals surface area contributed by atoms with E-state index in [1.54, 1.807) is 0 Å². The zero-order valence-corrected chi connectivity index (χ0v) is 17.4. The number of pyridine rings is 1. The number of aromatic amines is 1. The number of hydrogen-bond donors (Lipinski definition) is 2. The molecule has 0 fully saturated rings. The predicted molar refractivity (Wildman–Crippen MR) is 112 cm³/mol. The number of anilines is 1. The van der Waals surface area contributed by atoms with E-state index in [0.29, 0.717) is 6.42 Å². The molecule has 2 aromatic carbocycles. The molecule has 1 amide bonds. The summed E-state index contributed by atoms with van der Waals surface area (Å²) in [5, 5.41) is 7.17. The number of rotatable bonds is 7. The van der Waals surface area contributed by atoms with Crippen molar-refractivity contribution in [2.75, 3.05) is 19.4 Å². The summed E-state index contributed by atoms with van der Waals surface area (Å²) in [5.74, 6) is -0.484. The molecule has 1 heterocycles. The van der Waals surface area contributed by atoms with Gasteiger partial charge in [-0.1, -0.05) is 48.6 Å². The van der Waals surface area contributed by atoms with E-state index >= 15 is 0 Å².